The lowest BCUT2D eigenvalue weighted by molar-refractivity contribution is -0.195. The number of pyridine rings is 1. The molecule has 0 unspecified atom stereocenters. The Balaban J connectivity index is 1.39. The molecule has 204 valence electrons. The number of rotatable bonds is 10. The molecule has 2 aliphatic rings. The molecule has 38 heavy (non-hydrogen) atoms. The number of likely N-dealkylation sites (tertiary alicyclic amines) is 1. The van der Waals surface area contributed by atoms with E-state index in [1.807, 2.05) is 18.3 Å². The standard InChI is InChI=1S/C29H39FN4O3Si/c1-38(2,3)16-15-36-21-37-34-14-11-25-27-23(19-32-12-5-4-6-13-32)20-33(18-22-7-9-24(30)10-8-22)26(27)17-31-28(25)29(34)35/h7-10,17,20H,4-6,11-16,18-19,21H2,1-3H3. The number of hydrogen-bond donors (Lipinski definition) is 0. The molecule has 1 amide bonds. The molecule has 2 aromatic heterocycles. The van der Waals surface area contributed by atoms with Gasteiger partial charge < -0.3 is 9.30 Å². The van der Waals surface area contributed by atoms with Gasteiger partial charge in [0.2, 0.25) is 0 Å². The van der Waals surface area contributed by atoms with Gasteiger partial charge in [0.05, 0.1) is 18.3 Å². The van der Waals surface area contributed by atoms with Crippen molar-refractivity contribution in [3.8, 4) is 0 Å². The molecule has 3 aromatic rings. The normalized spacial score (nSPS) is 16.8. The fraction of sp³-hybridized carbons (Fsp3) is 0.517. The Morgan fingerprint density at radius 2 is 1.79 bits per heavy atom. The number of benzene rings is 1. The van der Waals surface area contributed by atoms with Gasteiger partial charge in [-0.1, -0.05) is 38.2 Å². The molecular formula is C29H39FN4O3Si. The summed E-state index contributed by atoms with van der Waals surface area (Å²) in [6.07, 6.45) is 8.41. The Morgan fingerprint density at radius 3 is 2.53 bits per heavy atom. The second-order valence-corrected chi connectivity index (χ2v) is 17.3. The van der Waals surface area contributed by atoms with Gasteiger partial charge in [0.1, 0.15) is 11.5 Å². The summed E-state index contributed by atoms with van der Waals surface area (Å²) in [7, 11) is -1.17. The van der Waals surface area contributed by atoms with Crippen LogP contribution in [-0.4, -0.2) is 66.5 Å². The van der Waals surface area contributed by atoms with Crippen molar-refractivity contribution in [1.82, 2.24) is 19.5 Å². The van der Waals surface area contributed by atoms with E-state index >= 15 is 0 Å². The number of aromatic nitrogens is 2. The summed E-state index contributed by atoms with van der Waals surface area (Å²) in [5, 5.41) is 2.53. The highest BCUT2D eigenvalue weighted by Crippen LogP contribution is 2.32. The van der Waals surface area contributed by atoms with E-state index in [1.165, 1.54) is 42.0 Å². The minimum atomic E-state index is -1.17. The summed E-state index contributed by atoms with van der Waals surface area (Å²) in [6.45, 7) is 11.8. The average Bonchev–Trinajstić information content (AvgIpc) is 3.23. The van der Waals surface area contributed by atoms with E-state index in [1.54, 1.807) is 0 Å². The number of carbonyl (C=O) groups excluding carboxylic acids is 1. The first-order valence-electron chi connectivity index (χ1n) is 13.8. The summed E-state index contributed by atoms with van der Waals surface area (Å²) < 4.78 is 21.3. The highest BCUT2D eigenvalue weighted by atomic mass is 28.3. The summed E-state index contributed by atoms with van der Waals surface area (Å²) in [6, 6.07) is 7.70. The van der Waals surface area contributed by atoms with Crippen LogP contribution in [-0.2, 0) is 29.1 Å². The fourth-order valence-corrected chi connectivity index (χ4v) is 6.11. The van der Waals surface area contributed by atoms with E-state index < -0.39 is 8.07 Å². The Morgan fingerprint density at radius 1 is 1.03 bits per heavy atom. The Bertz CT molecular complexity index is 1270. The van der Waals surface area contributed by atoms with Crippen LogP contribution >= 0.6 is 0 Å². The molecular weight excluding hydrogens is 499 g/mol. The maximum absolute atomic E-state index is 13.5. The second-order valence-electron chi connectivity index (χ2n) is 11.7. The van der Waals surface area contributed by atoms with Gasteiger partial charge in [-0.25, -0.2) is 19.3 Å². The van der Waals surface area contributed by atoms with Crippen LogP contribution in [0.1, 0.15) is 46.4 Å². The second kappa shape index (κ2) is 11.7. The van der Waals surface area contributed by atoms with Crippen molar-refractivity contribution in [1.29, 1.82) is 0 Å². The third-order valence-electron chi connectivity index (χ3n) is 7.49. The maximum atomic E-state index is 13.5. The molecule has 0 spiro atoms. The van der Waals surface area contributed by atoms with Crippen molar-refractivity contribution in [2.45, 2.75) is 64.5 Å². The molecule has 1 fully saturated rings. The van der Waals surface area contributed by atoms with Gasteiger partial charge in [-0.2, -0.15) is 0 Å². The quantitative estimate of drug-likeness (QED) is 0.195. The van der Waals surface area contributed by atoms with Crippen molar-refractivity contribution < 1.29 is 18.8 Å². The summed E-state index contributed by atoms with van der Waals surface area (Å²) in [5.41, 5.74) is 4.72. The zero-order chi connectivity index (χ0) is 26.7. The largest absolute Gasteiger partial charge is 0.353 e. The van der Waals surface area contributed by atoms with Crippen LogP contribution in [0.2, 0.25) is 25.7 Å². The summed E-state index contributed by atoms with van der Waals surface area (Å²) >= 11 is 0. The first-order valence-corrected chi connectivity index (χ1v) is 17.5. The molecule has 0 bridgehead atoms. The summed E-state index contributed by atoms with van der Waals surface area (Å²) in [4.78, 5) is 26.2. The molecule has 0 atom stereocenters. The zero-order valence-electron chi connectivity index (χ0n) is 22.8. The lowest BCUT2D eigenvalue weighted by Gasteiger charge is -2.28. The number of amides is 1. The van der Waals surface area contributed by atoms with E-state index in [-0.39, 0.29) is 18.5 Å². The van der Waals surface area contributed by atoms with Crippen molar-refractivity contribution in [3.63, 3.8) is 0 Å². The first kappa shape index (κ1) is 27.0. The van der Waals surface area contributed by atoms with E-state index in [4.69, 9.17) is 9.57 Å². The van der Waals surface area contributed by atoms with Crippen LogP contribution in [0.15, 0.2) is 36.7 Å². The molecule has 0 N–H and O–H groups in total. The molecule has 0 radical (unpaired) electrons. The molecule has 5 rings (SSSR count). The molecule has 1 saturated heterocycles. The third kappa shape index (κ3) is 6.34. The third-order valence-corrected chi connectivity index (χ3v) is 9.20. The van der Waals surface area contributed by atoms with E-state index in [0.29, 0.717) is 31.8 Å². The predicted molar refractivity (Wildman–Crippen MR) is 149 cm³/mol. The van der Waals surface area contributed by atoms with E-state index in [0.717, 1.165) is 47.7 Å². The number of hydroxylamine groups is 2. The number of fused-ring (bicyclic) bond motifs is 3. The van der Waals surface area contributed by atoms with Crippen LogP contribution in [0.3, 0.4) is 0 Å². The van der Waals surface area contributed by atoms with Crippen molar-refractivity contribution in [2.75, 3.05) is 33.0 Å². The van der Waals surface area contributed by atoms with Gasteiger partial charge in [0, 0.05) is 39.4 Å². The summed E-state index contributed by atoms with van der Waals surface area (Å²) in [5.74, 6) is -0.448. The topological polar surface area (TPSA) is 59.8 Å². The smallest absolute Gasteiger partial charge is 0.296 e. The minimum absolute atomic E-state index is 0.0715. The van der Waals surface area contributed by atoms with E-state index in [2.05, 4.69) is 40.3 Å². The lowest BCUT2D eigenvalue weighted by Crippen LogP contribution is -2.39. The molecule has 1 aromatic carbocycles. The lowest BCUT2D eigenvalue weighted by atomic mass is 9.98. The van der Waals surface area contributed by atoms with Crippen molar-refractivity contribution in [2.24, 2.45) is 0 Å². The zero-order valence-corrected chi connectivity index (χ0v) is 23.8. The minimum Gasteiger partial charge on any atom is -0.353 e. The van der Waals surface area contributed by atoms with Crippen molar-refractivity contribution in [3.05, 3.63) is 64.9 Å². The number of piperidine rings is 1. The number of ether oxygens (including phenoxy) is 1. The molecule has 7 nitrogen and oxygen atoms in total. The highest BCUT2D eigenvalue weighted by molar-refractivity contribution is 6.76. The maximum Gasteiger partial charge on any atom is 0.296 e. The van der Waals surface area contributed by atoms with Gasteiger partial charge >= 0.3 is 0 Å². The Kier molecular flexibility index (Phi) is 8.28. The molecule has 4 heterocycles. The molecule has 0 aliphatic carbocycles. The van der Waals surface area contributed by atoms with Crippen LogP contribution in [0.4, 0.5) is 4.39 Å². The van der Waals surface area contributed by atoms with Gasteiger partial charge in [-0.05, 0) is 67.2 Å². The average molecular weight is 539 g/mol. The van der Waals surface area contributed by atoms with Gasteiger partial charge in [-0.15, -0.1) is 0 Å². The fourth-order valence-electron chi connectivity index (χ4n) is 5.36. The Hall–Kier alpha value is -2.59. The Labute approximate surface area is 225 Å². The van der Waals surface area contributed by atoms with Gasteiger partial charge in [0.15, 0.2) is 6.79 Å². The van der Waals surface area contributed by atoms with Crippen molar-refractivity contribution >= 4 is 24.9 Å². The van der Waals surface area contributed by atoms with Gasteiger partial charge in [-0.3, -0.25) is 9.69 Å². The number of carbonyl (C=O) groups is 1. The number of nitrogens with zero attached hydrogens (tertiary/aromatic N) is 4. The monoisotopic (exact) mass is 538 g/mol. The number of halogens is 1. The molecule has 0 saturated carbocycles. The molecule has 2 aliphatic heterocycles. The van der Waals surface area contributed by atoms with Gasteiger partial charge in [0.25, 0.3) is 5.91 Å². The highest BCUT2D eigenvalue weighted by Gasteiger charge is 2.30. The first-order chi connectivity index (χ1) is 18.3. The van der Waals surface area contributed by atoms with E-state index in [9.17, 15) is 9.18 Å². The van der Waals surface area contributed by atoms with Crippen LogP contribution in [0.25, 0.3) is 10.9 Å². The van der Waals surface area contributed by atoms with Crippen LogP contribution in [0.5, 0.6) is 0 Å². The van der Waals surface area contributed by atoms with Crippen LogP contribution < -0.4 is 0 Å². The number of hydrogen-bond acceptors (Lipinski definition) is 5. The van der Waals surface area contributed by atoms with Crippen LogP contribution in [0, 0.1) is 5.82 Å². The predicted octanol–water partition coefficient (Wildman–Crippen LogP) is 5.45. The molecule has 9 heteroatoms. The SMILES string of the molecule is C[Si](C)(C)CCOCON1CCc2c(ncc3c2c(CN2CCCCC2)cn3Cc2ccc(F)cc2)C1=O.